The summed E-state index contributed by atoms with van der Waals surface area (Å²) in [6, 6.07) is 0. The smallest absolute Gasteiger partial charge is 0.132 e. The van der Waals surface area contributed by atoms with Crippen molar-refractivity contribution in [1.29, 1.82) is 0 Å². The lowest BCUT2D eigenvalue weighted by atomic mass is 9.71. The molecule has 0 aromatic carbocycles. The van der Waals surface area contributed by atoms with E-state index in [0.717, 1.165) is 37.5 Å². The minimum Gasteiger partial charge on any atom is -0.300 e. The van der Waals surface area contributed by atoms with E-state index in [2.05, 4.69) is 6.08 Å². The Morgan fingerprint density at radius 2 is 1.59 bits per heavy atom. The van der Waals surface area contributed by atoms with Crippen molar-refractivity contribution in [3.8, 4) is 0 Å². The van der Waals surface area contributed by atoms with Crippen LogP contribution in [-0.4, -0.2) is 12.5 Å². The van der Waals surface area contributed by atoms with Gasteiger partial charge in [0, 0.05) is 12.8 Å². The molecule has 17 heavy (non-hydrogen) atoms. The first-order valence-corrected chi connectivity index (χ1v) is 7.04. The van der Waals surface area contributed by atoms with Crippen molar-refractivity contribution >= 4 is 5.78 Å². The van der Waals surface area contributed by atoms with Gasteiger partial charge in [-0.2, -0.15) is 0 Å². The summed E-state index contributed by atoms with van der Waals surface area (Å²) in [5.41, 5.74) is 0. The van der Waals surface area contributed by atoms with Crippen LogP contribution in [0.2, 0.25) is 0 Å². The summed E-state index contributed by atoms with van der Waals surface area (Å²) in [5, 5.41) is 0. The van der Waals surface area contributed by atoms with E-state index in [0.29, 0.717) is 11.7 Å². The minimum atomic E-state index is -0.329. The quantitative estimate of drug-likeness (QED) is 0.677. The van der Waals surface area contributed by atoms with Crippen LogP contribution in [0.4, 0.5) is 4.39 Å². The monoisotopic (exact) mass is 238 g/mol. The van der Waals surface area contributed by atoms with Crippen LogP contribution < -0.4 is 0 Å². The van der Waals surface area contributed by atoms with Crippen molar-refractivity contribution in [1.82, 2.24) is 0 Å². The molecule has 2 rings (SSSR count). The van der Waals surface area contributed by atoms with E-state index in [9.17, 15) is 9.18 Å². The van der Waals surface area contributed by atoms with E-state index < -0.39 is 0 Å². The van der Waals surface area contributed by atoms with Gasteiger partial charge in [0.1, 0.15) is 12.5 Å². The summed E-state index contributed by atoms with van der Waals surface area (Å²) in [6.07, 6.45) is 12.6. The molecule has 0 aliphatic heterocycles. The number of halogens is 1. The number of carbonyl (C=O) groups is 1. The standard InChI is InChI=1S/C15H23FO/c16-11-1-2-12-3-5-13(6-4-12)14-7-9-15(17)10-8-14/h1-2,12-14H,3-11H2/b2-1+. The molecule has 0 heterocycles. The molecule has 96 valence electrons. The number of carbonyl (C=O) groups excluding carboxylic acids is 1. The lowest BCUT2D eigenvalue weighted by Crippen LogP contribution is -2.25. The van der Waals surface area contributed by atoms with Crippen LogP contribution in [0.15, 0.2) is 12.2 Å². The zero-order valence-corrected chi connectivity index (χ0v) is 10.5. The highest BCUT2D eigenvalue weighted by atomic mass is 19.1. The van der Waals surface area contributed by atoms with Gasteiger partial charge in [-0.1, -0.05) is 12.2 Å². The van der Waals surface area contributed by atoms with E-state index in [4.69, 9.17) is 0 Å². The summed E-state index contributed by atoms with van der Waals surface area (Å²) in [4.78, 5) is 11.2. The molecule has 0 radical (unpaired) electrons. The predicted octanol–water partition coefficient (Wildman–Crippen LogP) is 4.08. The molecule has 0 spiro atoms. The van der Waals surface area contributed by atoms with Gasteiger partial charge in [-0.05, 0) is 56.3 Å². The number of ketones is 1. The predicted molar refractivity (Wildman–Crippen MR) is 67.5 cm³/mol. The lowest BCUT2D eigenvalue weighted by molar-refractivity contribution is -0.121. The molecule has 0 bridgehead atoms. The van der Waals surface area contributed by atoms with Gasteiger partial charge in [0.25, 0.3) is 0 Å². The number of hydrogen-bond donors (Lipinski definition) is 0. The zero-order chi connectivity index (χ0) is 12.1. The molecule has 0 N–H and O–H groups in total. The number of alkyl halides is 1. The minimum absolute atomic E-state index is 0.329. The summed E-state index contributed by atoms with van der Waals surface area (Å²) < 4.78 is 12.0. The molecule has 0 unspecified atom stereocenters. The fraction of sp³-hybridized carbons (Fsp3) is 0.800. The summed E-state index contributed by atoms with van der Waals surface area (Å²) in [5.74, 6) is 2.69. The van der Waals surface area contributed by atoms with Gasteiger partial charge in [0.05, 0.1) is 0 Å². The zero-order valence-electron chi connectivity index (χ0n) is 10.5. The van der Waals surface area contributed by atoms with Crippen LogP contribution in [0.25, 0.3) is 0 Å². The summed E-state index contributed by atoms with van der Waals surface area (Å²) in [6.45, 7) is -0.329. The second kappa shape index (κ2) is 6.32. The van der Waals surface area contributed by atoms with Gasteiger partial charge in [0.15, 0.2) is 0 Å². The fourth-order valence-electron chi connectivity index (χ4n) is 3.49. The first kappa shape index (κ1) is 12.8. The second-order valence-corrected chi connectivity index (χ2v) is 5.63. The van der Waals surface area contributed by atoms with E-state index in [1.54, 1.807) is 6.08 Å². The van der Waals surface area contributed by atoms with Crippen LogP contribution in [0.3, 0.4) is 0 Å². The molecule has 2 fully saturated rings. The molecule has 0 aromatic rings. The number of allylic oxidation sites excluding steroid dienone is 2. The van der Waals surface area contributed by atoms with Crippen LogP contribution in [0.5, 0.6) is 0 Å². The maximum atomic E-state index is 12.0. The second-order valence-electron chi connectivity index (χ2n) is 5.63. The highest BCUT2D eigenvalue weighted by molar-refractivity contribution is 5.79. The third-order valence-electron chi connectivity index (χ3n) is 4.57. The van der Waals surface area contributed by atoms with Gasteiger partial charge in [-0.25, -0.2) is 4.39 Å². The number of Topliss-reactive ketones (excluding diaryl/α,β-unsaturated/α-hetero) is 1. The van der Waals surface area contributed by atoms with Crippen molar-refractivity contribution in [3.63, 3.8) is 0 Å². The van der Waals surface area contributed by atoms with Crippen molar-refractivity contribution < 1.29 is 9.18 Å². The average Bonchev–Trinajstić information content (AvgIpc) is 2.38. The van der Waals surface area contributed by atoms with Crippen LogP contribution in [-0.2, 0) is 4.79 Å². The molecular formula is C15H23FO. The van der Waals surface area contributed by atoms with E-state index in [1.165, 1.54) is 25.7 Å². The van der Waals surface area contributed by atoms with E-state index in [1.807, 2.05) is 0 Å². The maximum absolute atomic E-state index is 12.0. The molecule has 1 nitrogen and oxygen atoms in total. The molecule has 2 heteroatoms. The van der Waals surface area contributed by atoms with Gasteiger partial charge < -0.3 is 0 Å². The van der Waals surface area contributed by atoms with Crippen molar-refractivity contribution in [2.45, 2.75) is 51.4 Å². The van der Waals surface area contributed by atoms with Gasteiger partial charge in [0.2, 0.25) is 0 Å². The average molecular weight is 238 g/mol. The number of hydrogen-bond acceptors (Lipinski definition) is 1. The Bertz CT molecular complexity index is 267. The highest BCUT2D eigenvalue weighted by Crippen LogP contribution is 2.39. The topological polar surface area (TPSA) is 17.1 Å². The Kier molecular flexibility index (Phi) is 4.75. The fourth-order valence-corrected chi connectivity index (χ4v) is 3.49. The SMILES string of the molecule is O=C1CCC(C2CCC(/C=C/CF)CC2)CC1. The molecule has 2 aliphatic rings. The highest BCUT2D eigenvalue weighted by Gasteiger charge is 2.29. The molecule has 2 aliphatic carbocycles. The van der Waals surface area contributed by atoms with E-state index >= 15 is 0 Å². The Hall–Kier alpha value is -0.660. The molecular weight excluding hydrogens is 215 g/mol. The van der Waals surface area contributed by atoms with Gasteiger partial charge >= 0.3 is 0 Å². The molecule has 0 saturated heterocycles. The van der Waals surface area contributed by atoms with Crippen molar-refractivity contribution in [3.05, 3.63) is 12.2 Å². The van der Waals surface area contributed by atoms with Crippen LogP contribution in [0.1, 0.15) is 51.4 Å². The van der Waals surface area contributed by atoms with Gasteiger partial charge in [-0.3, -0.25) is 4.79 Å². The Morgan fingerprint density at radius 1 is 1.00 bits per heavy atom. The molecule has 0 atom stereocenters. The van der Waals surface area contributed by atoms with Crippen LogP contribution >= 0.6 is 0 Å². The van der Waals surface area contributed by atoms with Crippen molar-refractivity contribution in [2.75, 3.05) is 6.67 Å². The van der Waals surface area contributed by atoms with Crippen LogP contribution in [0, 0.1) is 17.8 Å². The normalized spacial score (nSPS) is 32.2. The first-order chi connectivity index (χ1) is 8.29. The van der Waals surface area contributed by atoms with E-state index in [-0.39, 0.29) is 6.67 Å². The van der Waals surface area contributed by atoms with Gasteiger partial charge in [-0.15, -0.1) is 0 Å². The maximum Gasteiger partial charge on any atom is 0.132 e. The number of rotatable bonds is 3. The largest absolute Gasteiger partial charge is 0.300 e. The summed E-state index contributed by atoms with van der Waals surface area (Å²) >= 11 is 0. The summed E-state index contributed by atoms with van der Waals surface area (Å²) in [7, 11) is 0. The Balaban J connectivity index is 1.75. The lowest BCUT2D eigenvalue weighted by Gasteiger charge is -2.34. The molecule has 2 saturated carbocycles. The van der Waals surface area contributed by atoms with Crippen molar-refractivity contribution in [2.24, 2.45) is 17.8 Å². The molecule has 0 aromatic heterocycles. The first-order valence-electron chi connectivity index (χ1n) is 7.04. The Morgan fingerprint density at radius 3 is 2.18 bits per heavy atom. The molecule has 0 amide bonds. The third kappa shape index (κ3) is 3.65. The Labute approximate surface area is 103 Å². The third-order valence-corrected chi connectivity index (χ3v) is 4.57.